The zero-order chi connectivity index (χ0) is 15.4. The van der Waals surface area contributed by atoms with Gasteiger partial charge in [0.25, 0.3) is 0 Å². The fraction of sp³-hybridized carbons (Fsp3) is 0.100. The number of carbonyl (C=O) groups is 1. The van der Waals surface area contributed by atoms with Crippen molar-refractivity contribution < 1.29 is 29.6 Å². The van der Waals surface area contributed by atoms with E-state index in [1.165, 1.54) is 0 Å². The Hall–Kier alpha value is -3.17. The maximum atomic E-state index is 10.8. The average molecular weight is 284 g/mol. The van der Waals surface area contributed by atoms with Crippen molar-refractivity contribution in [3.8, 4) is 11.5 Å². The van der Waals surface area contributed by atoms with E-state index in [9.17, 15) is 30.1 Å². The van der Waals surface area contributed by atoms with Crippen LogP contribution in [0.1, 0.15) is 5.56 Å². The number of phenolic OH excluding ortho intramolecular Hbond substituents is 1. The van der Waals surface area contributed by atoms with Crippen molar-refractivity contribution in [2.45, 2.75) is 0 Å². The molecule has 0 aromatic heterocycles. The molecule has 0 aliphatic rings. The van der Waals surface area contributed by atoms with Gasteiger partial charge in [0.15, 0.2) is 5.75 Å². The van der Waals surface area contributed by atoms with Gasteiger partial charge in [0.2, 0.25) is 5.75 Å². The van der Waals surface area contributed by atoms with Crippen molar-refractivity contribution in [1.29, 1.82) is 0 Å². The topological polar surface area (TPSA) is 153 Å². The number of nitrogens with zero attached hydrogens (tertiary/aromatic N) is 2. The molecule has 0 saturated carbocycles. The lowest BCUT2D eigenvalue weighted by Crippen LogP contribution is -2.09. The van der Waals surface area contributed by atoms with E-state index in [-0.39, 0.29) is 5.56 Å². The predicted molar refractivity (Wildman–Crippen MR) is 63.9 cm³/mol. The van der Waals surface area contributed by atoms with Gasteiger partial charge in [-0.05, 0) is 11.6 Å². The van der Waals surface area contributed by atoms with Gasteiger partial charge in [-0.1, -0.05) is 0 Å². The van der Waals surface area contributed by atoms with Gasteiger partial charge in [0.05, 0.1) is 17.0 Å². The van der Waals surface area contributed by atoms with Crippen LogP contribution in [0.4, 0.5) is 5.69 Å². The van der Waals surface area contributed by atoms with Crippen molar-refractivity contribution >= 4 is 17.7 Å². The van der Waals surface area contributed by atoms with Gasteiger partial charge >= 0.3 is 17.4 Å². The quantitative estimate of drug-likeness (QED) is 0.461. The number of carboxylic acids is 1. The standard InChI is InChI=1S/C10H8N2O8/c1-20-9-6(11(16)17)2-5(4-8(9)13)3-7(10(14)15)12(18)19/h2-4,13H,1H3,(H,14,15)/b7-3-. The molecule has 0 heterocycles. The lowest BCUT2D eigenvalue weighted by Gasteiger charge is -2.05. The Morgan fingerprint density at radius 3 is 2.35 bits per heavy atom. The maximum Gasteiger partial charge on any atom is 0.407 e. The van der Waals surface area contributed by atoms with Crippen molar-refractivity contribution in [1.82, 2.24) is 0 Å². The minimum absolute atomic E-state index is 0.218. The molecule has 0 bridgehead atoms. The first-order valence-electron chi connectivity index (χ1n) is 4.92. The number of nitro benzene ring substituents is 1. The first-order valence-corrected chi connectivity index (χ1v) is 4.92. The van der Waals surface area contributed by atoms with Gasteiger partial charge in [-0.15, -0.1) is 0 Å². The molecule has 0 atom stereocenters. The number of benzene rings is 1. The Kier molecular flexibility index (Phi) is 4.20. The summed E-state index contributed by atoms with van der Waals surface area (Å²) in [5.41, 5.74) is -2.06. The molecule has 0 saturated heterocycles. The molecule has 0 fully saturated rings. The minimum Gasteiger partial charge on any atom is -0.504 e. The third kappa shape index (κ3) is 2.98. The monoisotopic (exact) mass is 284 g/mol. The molecular formula is C10H8N2O8. The highest BCUT2D eigenvalue weighted by Crippen LogP contribution is 2.37. The number of hydrogen-bond donors (Lipinski definition) is 2. The van der Waals surface area contributed by atoms with E-state index in [1.807, 2.05) is 0 Å². The Morgan fingerprint density at radius 1 is 1.35 bits per heavy atom. The van der Waals surface area contributed by atoms with Crippen LogP contribution in [0.5, 0.6) is 11.5 Å². The van der Waals surface area contributed by atoms with Crippen molar-refractivity contribution in [3.05, 3.63) is 43.6 Å². The summed E-state index contributed by atoms with van der Waals surface area (Å²) in [5.74, 6) is -2.88. The summed E-state index contributed by atoms with van der Waals surface area (Å²) in [6.45, 7) is 0. The molecule has 1 aromatic rings. The van der Waals surface area contributed by atoms with Gasteiger partial charge in [0.1, 0.15) is 0 Å². The van der Waals surface area contributed by atoms with Crippen molar-refractivity contribution in [3.63, 3.8) is 0 Å². The Balaban J connectivity index is 3.48. The number of phenols is 1. The van der Waals surface area contributed by atoms with Gasteiger partial charge in [0, 0.05) is 12.1 Å². The molecule has 1 rings (SSSR count). The van der Waals surface area contributed by atoms with Crippen molar-refractivity contribution in [2.24, 2.45) is 0 Å². The van der Waals surface area contributed by atoms with Crippen LogP contribution in [0.25, 0.3) is 6.08 Å². The van der Waals surface area contributed by atoms with E-state index in [2.05, 4.69) is 4.74 Å². The summed E-state index contributed by atoms with van der Waals surface area (Å²) in [4.78, 5) is 29.9. The van der Waals surface area contributed by atoms with Gasteiger partial charge < -0.3 is 14.9 Å². The fourth-order valence-electron chi connectivity index (χ4n) is 1.40. The fourth-order valence-corrected chi connectivity index (χ4v) is 1.40. The second-order valence-corrected chi connectivity index (χ2v) is 3.44. The number of carboxylic acid groups (broad SMARTS) is 1. The van der Waals surface area contributed by atoms with Crippen LogP contribution in [0.15, 0.2) is 17.8 Å². The lowest BCUT2D eigenvalue weighted by molar-refractivity contribution is -0.419. The van der Waals surface area contributed by atoms with Crippen LogP contribution in [0.3, 0.4) is 0 Å². The molecule has 0 radical (unpaired) electrons. The normalized spacial score (nSPS) is 10.9. The van der Waals surface area contributed by atoms with E-state index in [0.29, 0.717) is 6.08 Å². The third-order valence-electron chi connectivity index (χ3n) is 2.19. The van der Waals surface area contributed by atoms with Crippen LogP contribution in [-0.4, -0.2) is 33.1 Å². The Bertz CT molecular complexity index is 606. The molecule has 0 unspecified atom stereocenters. The summed E-state index contributed by atoms with van der Waals surface area (Å²) in [6.07, 6.45) is 0.592. The Morgan fingerprint density at radius 2 is 1.95 bits per heavy atom. The second-order valence-electron chi connectivity index (χ2n) is 3.44. The van der Waals surface area contributed by atoms with E-state index in [1.54, 1.807) is 0 Å². The highest BCUT2D eigenvalue weighted by Gasteiger charge is 2.24. The highest BCUT2D eigenvalue weighted by atomic mass is 16.6. The second kappa shape index (κ2) is 5.65. The van der Waals surface area contributed by atoms with Crippen LogP contribution in [-0.2, 0) is 4.79 Å². The summed E-state index contributed by atoms with van der Waals surface area (Å²) < 4.78 is 4.63. The summed E-state index contributed by atoms with van der Waals surface area (Å²) in [6, 6.07) is 1.77. The number of aromatic hydroxyl groups is 1. The van der Waals surface area contributed by atoms with Gasteiger partial charge in [-0.3, -0.25) is 20.2 Å². The van der Waals surface area contributed by atoms with E-state index < -0.39 is 38.7 Å². The molecule has 106 valence electrons. The number of hydrogen-bond acceptors (Lipinski definition) is 7. The van der Waals surface area contributed by atoms with E-state index in [0.717, 1.165) is 19.2 Å². The molecule has 0 amide bonds. The summed E-state index contributed by atoms with van der Waals surface area (Å²) >= 11 is 0. The molecule has 0 aliphatic heterocycles. The van der Waals surface area contributed by atoms with Crippen LogP contribution >= 0.6 is 0 Å². The zero-order valence-electron chi connectivity index (χ0n) is 9.97. The van der Waals surface area contributed by atoms with Gasteiger partial charge in [-0.25, -0.2) is 4.79 Å². The lowest BCUT2D eigenvalue weighted by atomic mass is 10.1. The molecule has 10 heteroatoms. The summed E-state index contributed by atoms with van der Waals surface area (Å²) in [7, 11) is 1.09. The number of rotatable bonds is 5. The number of ether oxygens (including phenoxy) is 1. The molecule has 20 heavy (non-hydrogen) atoms. The van der Waals surface area contributed by atoms with Crippen LogP contribution in [0, 0.1) is 20.2 Å². The first kappa shape index (κ1) is 14.9. The largest absolute Gasteiger partial charge is 0.504 e. The van der Waals surface area contributed by atoms with Crippen LogP contribution < -0.4 is 4.74 Å². The third-order valence-corrected chi connectivity index (χ3v) is 2.19. The molecule has 0 spiro atoms. The van der Waals surface area contributed by atoms with E-state index in [4.69, 9.17) is 5.11 Å². The zero-order valence-corrected chi connectivity index (χ0v) is 9.97. The van der Waals surface area contributed by atoms with E-state index >= 15 is 0 Å². The molecule has 10 nitrogen and oxygen atoms in total. The number of methoxy groups -OCH3 is 1. The number of nitro groups is 2. The van der Waals surface area contributed by atoms with Crippen LogP contribution in [0.2, 0.25) is 0 Å². The average Bonchev–Trinajstić information content (AvgIpc) is 2.34. The van der Waals surface area contributed by atoms with Gasteiger partial charge in [-0.2, -0.15) is 0 Å². The number of aliphatic carboxylic acids is 1. The molecule has 2 N–H and O–H groups in total. The minimum atomic E-state index is -1.81. The first-order chi connectivity index (χ1) is 9.27. The molecule has 1 aromatic carbocycles. The highest BCUT2D eigenvalue weighted by molar-refractivity contribution is 5.89. The molecular weight excluding hydrogens is 276 g/mol. The smallest absolute Gasteiger partial charge is 0.407 e. The predicted octanol–water partition coefficient (Wildman–Crippen LogP) is 1.01. The van der Waals surface area contributed by atoms with Crippen molar-refractivity contribution in [2.75, 3.05) is 7.11 Å². The molecule has 0 aliphatic carbocycles. The summed E-state index contributed by atoms with van der Waals surface area (Å²) in [5, 5.41) is 39.4. The maximum absolute atomic E-state index is 10.8. The SMILES string of the molecule is COc1c(O)cc(/C=C(/C(=O)O)[N+](=O)[O-])cc1[N+](=O)[O-]. The Labute approximate surface area is 110 Å².